The first-order chi connectivity index (χ1) is 6.13. The molecule has 1 saturated carbocycles. The average molecular weight is 180 g/mol. The standard InChI is InChI=1S/C13H24/c1-10(2)12-8-6-5-7-9-13(12)11(3)4/h10,12H,5-9H2,1-4H3. The van der Waals surface area contributed by atoms with Crippen molar-refractivity contribution in [3.8, 4) is 0 Å². The Labute approximate surface area is 83.4 Å². The molecule has 0 bridgehead atoms. The number of hydrogen-bond donors (Lipinski definition) is 0. The summed E-state index contributed by atoms with van der Waals surface area (Å²) in [6.45, 7) is 9.32. The zero-order valence-electron chi connectivity index (χ0n) is 9.69. The smallest absolute Gasteiger partial charge is 0.0178 e. The molecule has 0 spiro atoms. The van der Waals surface area contributed by atoms with Crippen LogP contribution in [0.25, 0.3) is 0 Å². The van der Waals surface area contributed by atoms with E-state index in [-0.39, 0.29) is 0 Å². The van der Waals surface area contributed by atoms with Crippen LogP contribution in [0.3, 0.4) is 0 Å². The van der Waals surface area contributed by atoms with E-state index in [0.29, 0.717) is 0 Å². The number of hydrogen-bond acceptors (Lipinski definition) is 0. The van der Waals surface area contributed by atoms with E-state index in [1.165, 1.54) is 32.1 Å². The van der Waals surface area contributed by atoms with Gasteiger partial charge in [0.2, 0.25) is 0 Å². The predicted octanol–water partition coefficient (Wildman–Crippen LogP) is 4.56. The van der Waals surface area contributed by atoms with Crippen molar-refractivity contribution in [1.82, 2.24) is 0 Å². The zero-order chi connectivity index (χ0) is 9.84. The van der Waals surface area contributed by atoms with Crippen molar-refractivity contribution in [3.05, 3.63) is 11.1 Å². The Hall–Kier alpha value is -0.260. The summed E-state index contributed by atoms with van der Waals surface area (Å²) in [5.74, 6) is 1.72. The second kappa shape index (κ2) is 4.83. The van der Waals surface area contributed by atoms with Crippen molar-refractivity contribution in [3.63, 3.8) is 0 Å². The van der Waals surface area contributed by atoms with Crippen LogP contribution in [-0.4, -0.2) is 0 Å². The van der Waals surface area contributed by atoms with Gasteiger partial charge in [-0.05, 0) is 44.9 Å². The van der Waals surface area contributed by atoms with Gasteiger partial charge in [0, 0.05) is 0 Å². The molecule has 0 radical (unpaired) electrons. The minimum atomic E-state index is 0.836. The summed E-state index contributed by atoms with van der Waals surface area (Å²) in [6, 6.07) is 0. The van der Waals surface area contributed by atoms with Crippen LogP contribution in [0, 0.1) is 11.8 Å². The first-order valence-electron chi connectivity index (χ1n) is 5.79. The van der Waals surface area contributed by atoms with Crippen molar-refractivity contribution >= 4 is 0 Å². The molecule has 0 heteroatoms. The molecule has 13 heavy (non-hydrogen) atoms. The Morgan fingerprint density at radius 1 is 1.15 bits per heavy atom. The fourth-order valence-electron chi connectivity index (χ4n) is 2.57. The summed E-state index contributed by atoms with van der Waals surface area (Å²) in [6.07, 6.45) is 7.10. The quantitative estimate of drug-likeness (QED) is 0.410. The highest BCUT2D eigenvalue weighted by Crippen LogP contribution is 2.34. The Morgan fingerprint density at radius 3 is 2.38 bits per heavy atom. The second-order valence-electron chi connectivity index (χ2n) is 4.98. The van der Waals surface area contributed by atoms with Crippen LogP contribution in [-0.2, 0) is 0 Å². The molecule has 0 N–H and O–H groups in total. The molecule has 0 saturated heterocycles. The largest absolute Gasteiger partial charge is 0.0769 e. The normalized spacial score (nSPS) is 24.7. The van der Waals surface area contributed by atoms with Crippen LogP contribution < -0.4 is 0 Å². The van der Waals surface area contributed by atoms with Crippen molar-refractivity contribution in [1.29, 1.82) is 0 Å². The molecule has 0 aliphatic heterocycles. The van der Waals surface area contributed by atoms with E-state index in [1.807, 2.05) is 0 Å². The molecule has 1 rings (SSSR count). The molecule has 0 aromatic heterocycles. The van der Waals surface area contributed by atoms with Gasteiger partial charge in [-0.25, -0.2) is 0 Å². The van der Waals surface area contributed by atoms with E-state index in [9.17, 15) is 0 Å². The highest BCUT2D eigenvalue weighted by atomic mass is 14.3. The molecule has 0 nitrogen and oxygen atoms in total. The van der Waals surface area contributed by atoms with Gasteiger partial charge in [0.1, 0.15) is 0 Å². The van der Waals surface area contributed by atoms with E-state index in [2.05, 4.69) is 27.7 Å². The molecular formula is C13H24. The van der Waals surface area contributed by atoms with Gasteiger partial charge in [-0.15, -0.1) is 0 Å². The summed E-state index contributed by atoms with van der Waals surface area (Å²) in [5, 5.41) is 0. The van der Waals surface area contributed by atoms with Gasteiger partial charge in [0.15, 0.2) is 0 Å². The molecule has 1 aliphatic carbocycles. The SMILES string of the molecule is CC(C)=C1CCCCCC1C(C)C. The molecule has 0 aromatic carbocycles. The fourth-order valence-corrected chi connectivity index (χ4v) is 2.57. The topological polar surface area (TPSA) is 0 Å². The van der Waals surface area contributed by atoms with Crippen LogP contribution in [0.2, 0.25) is 0 Å². The van der Waals surface area contributed by atoms with Crippen molar-refractivity contribution < 1.29 is 0 Å². The molecule has 1 fully saturated rings. The van der Waals surface area contributed by atoms with Gasteiger partial charge in [0.25, 0.3) is 0 Å². The lowest BCUT2D eigenvalue weighted by atomic mass is 9.82. The van der Waals surface area contributed by atoms with E-state index in [1.54, 1.807) is 11.1 Å². The average Bonchev–Trinajstić information content (AvgIpc) is 2.27. The van der Waals surface area contributed by atoms with Crippen LogP contribution in [0.1, 0.15) is 59.8 Å². The zero-order valence-corrected chi connectivity index (χ0v) is 9.69. The van der Waals surface area contributed by atoms with Gasteiger partial charge in [0.05, 0.1) is 0 Å². The Morgan fingerprint density at radius 2 is 1.85 bits per heavy atom. The van der Waals surface area contributed by atoms with Gasteiger partial charge in [-0.2, -0.15) is 0 Å². The fraction of sp³-hybridized carbons (Fsp3) is 0.846. The lowest BCUT2D eigenvalue weighted by Crippen LogP contribution is -2.11. The summed E-state index contributed by atoms with van der Waals surface area (Å²) in [7, 11) is 0. The summed E-state index contributed by atoms with van der Waals surface area (Å²) in [4.78, 5) is 0. The maximum absolute atomic E-state index is 2.37. The predicted molar refractivity (Wildman–Crippen MR) is 59.8 cm³/mol. The molecular weight excluding hydrogens is 156 g/mol. The maximum Gasteiger partial charge on any atom is -0.0178 e. The number of allylic oxidation sites excluding steroid dienone is 2. The molecule has 0 heterocycles. The van der Waals surface area contributed by atoms with Crippen LogP contribution >= 0.6 is 0 Å². The lowest BCUT2D eigenvalue weighted by Gasteiger charge is -2.23. The third-order valence-corrected chi connectivity index (χ3v) is 3.36. The highest BCUT2D eigenvalue weighted by molar-refractivity contribution is 5.15. The van der Waals surface area contributed by atoms with E-state index in [4.69, 9.17) is 0 Å². The third kappa shape index (κ3) is 2.86. The van der Waals surface area contributed by atoms with Crippen molar-refractivity contribution in [2.75, 3.05) is 0 Å². The van der Waals surface area contributed by atoms with Gasteiger partial charge in [-0.3, -0.25) is 0 Å². The molecule has 1 atom stereocenters. The van der Waals surface area contributed by atoms with E-state index < -0.39 is 0 Å². The third-order valence-electron chi connectivity index (χ3n) is 3.36. The lowest BCUT2D eigenvalue weighted by molar-refractivity contribution is 0.408. The second-order valence-corrected chi connectivity index (χ2v) is 4.98. The molecule has 0 amide bonds. The van der Waals surface area contributed by atoms with E-state index >= 15 is 0 Å². The van der Waals surface area contributed by atoms with Crippen LogP contribution in [0.15, 0.2) is 11.1 Å². The minimum absolute atomic E-state index is 0.836. The first kappa shape index (κ1) is 10.8. The van der Waals surface area contributed by atoms with E-state index in [0.717, 1.165) is 11.8 Å². The molecule has 1 aliphatic rings. The Kier molecular flexibility index (Phi) is 4.02. The van der Waals surface area contributed by atoms with Crippen LogP contribution in [0.4, 0.5) is 0 Å². The van der Waals surface area contributed by atoms with Crippen molar-refractivity contribution in [2.45, 2.75) is 59.8 Å². The molecule has 76 valence electrons. The summed E-state index contributed by atoms with van der Waals surface area (Å²) in [5.41, 5.74) is 3.35. The van der Waals surface area contributed by atoms with Gasteiger partial charge >= 0.3 is 0 Å². The highest BCUT2D eigenvalue weighted by Gasteiger charge is 2.20. The maximum atomic E-state index is 2.37. The molecule has 0 aromatic rings. The monoisotopic (exact) mass is 180 g/mol. The molecule has 1 unspecified atom stereocenters. The summed E-state index contributed by atoms with van der Waals surface area (Å²) >= 11 is 0. The Balaban J connectivity index is 2.80. The summed E-state index contributed by atoms with van der Waals surface area (Å²) < 4.78 is 0. The van der Waals surface area contributed by atoms with Gasteiger partial charge in [-0.1, -0.05) is 37.8 Å². The Bertz CT molecular complexity index is 182. The number of rotatable bonds is 1. The van der Waals surface area contributed by atoms with Crippen molar-refractivity contribution in [2.24, 2.45) is 11.8 Å². The van der Waals surface area contributed by atoms with Gasteiger partial charge < -0.3 is 0 Å². The first-order valence-corrected chi connectivity index (χ1v) is 5.79. The minimum Gasteiger partial charge on any atom is -0.0769 e. The van der Waals surface area contributed by atoms with Crippen LogP contribution in [0.5, 0.6) is 0 Å².